The fraction of sp³-hybridized carbons (Fsp3) is 0.133. The van der Waals surface area contributed by atoms with Crippen LogP contribution in [0.25, 0.3) is 0 Å². The van der Waals surface area contributed by atoms with E-state index in [4.69, 9.17) is 0 Å². The van der Waals surface area contributed by atoms with Gasteiger partial charge in [0.25, 0.3) is 10.0 Å². The van der Waals surface area contributed by atoms with E-state index < -0.39 is 16.0 Å². The van der Waals surface area contributed by atoms with Crippen molar-refractivity contribution in [1.82, 2.24) is 0 Å². The highest BCUT2D eigenvalue weighted by molar-refractivity contribution is 7.92. The molecule has 2 aromatic rings. The summed E-state index contributed by atoms with van der Waals surface area (Å²) in [6, 6.07) is 12.0. The van der Waals surface area contributed by atoms with Gasteiger partial charge in [0.15, 0.2) is 0 Å². The number of rotatable bonds is 5. The molecule has 0 bridgehead atoms. The summed E-state index contributed by atoms with van der Waals surface area (Å²) in [5.41, 5.74) is 1.13. The molecule has 0 saturated carbocycles. The van der Waals surface area contributed by atoms with Gasteiger partial charge in [-0.15, -0.1) is 0 Å². The molecular formula is C15H14NO4S-. The molecule has 0 aromatic heterocycles. The summed E-state index contributed by atoms with van der Waals surface area (Å²) < 4.78 is 26.8. The first-order valence-electron chi connectivity index (χ1n) is 6.35. The fourth-order valence-electron chi connectivity index (χ4n) is 1.83. The van der Waals surface area contributed by atoms with Gasteiger partial charge in [-0.2, -0.15) is 0 Å². The van der Waals surface area contributed by atoms with Gasteiger partial charge in [-0.05, 0) is 41.8 Å². The molecule has 2 rings (SSSR count). The minimum Gasteiger partial charge on any atom is -0.545 e. The second kappa shape index (κ2) is 5.97. The molecule has 0 amide bonds. The van der Waals surface area contributed by atoms with Crippen molar-refractivity contribution in [2.45, 2.75) is 18.2 Å². The van der Waals surface area contributed by atoms with Gasteiger partial charge in [-0.25, -0.2) is 8.42 Å². The van der Waals surface area contributed by atoms with Crippen LogP contribution in [0.5, 0.6) is 0 Å². The van der Waals surface area contributed by atoms with Crippen LogP contribution in [0.1, 0.15) is 22.8 Å². The Morgan fingerprint density at radius 3 is 2.38 bits per heavy atom. The highest BCUT2D eigenvalue weighted by Crippen LogP contribution is 2.17. The van der Waals surface area contributed by atoms with Crippen molar-refractivity contribution in [3.8, 4) is 0 Å². The Balaban J connectivity index is 2.28. The van der Waals surface area contributed by atoms with E-state index in [1.807, 2.05) is 6.92 Å². The van der Waals surface area contributed by atoms with Crippen LogP contribution in [0.15, 0.2) is 53.4 Å². The zero-order valence-corrected chi connectivity index (χ0v) is 12.2. The van der Waals surface area contributed by atoms with Crippen molar-refractivity contribution in [3.05, 3.63) is 59.7 Å². The van der Waals surface area contributed by atoms with Crippen LogP contribution in [0.4, 0.5) is 5.69 Å². The molecule has 5 nitrogen and oxygen atoms in total. The van der Waals surface area contributed by atoms with Gasteiger partial charge >= 0.3 is 0 Å². The molecule has 0 aliphatic heterocycles. The van der Waals surface area contributed by atoms with Gasteiger partial charge < -0.3 is 9.90 Å². The number of carboxylic acid groups (broad SMARTS) is 1. The molecule has 1 N–H and O–H groups in total. The van der Waals surface area contributed by atoms with Crippen LogP contribution >= 0.6 is 0 Å². The number of carbonyl (C=O) groups excluding carboxylic acids is 1. The lowest BCUT2D eigenvalue weighted by Crippen LogP contribution is -2.22. The van der Waals surface area contributed by atoms with Crippen LogP contribution in [-0.4, -0.2) is 14.4 Å². The Morgan fingerprint density at radius 1 is 1.14 bits per heavy atom. The molecule has 0 saturated heterocycles. The number of anilines is 1. The van der Waals surface area contributed by atoms with E-state index in [9.17, 15) is 18.3 Å². The highest BCUT2D eigenvalue weighted by Gasteiger charge is 2.14. The number of aryl methyl sites for hydroxylation is 1. The fourth-order valence-corrected chi connectivity index (χ4v) is 2.88. The third-order valence-electron chi connectivity index (χ3n) is 2.99. The number of carbonyl (C=O) groups is 1. The third kappa shape index (κ3) is 3.61. The molecule has 0 aliphatic carbocycles. The van der Waals surface area contributed by atoms with E-state index in [2.05, 4.69) is 4.72 Å². The Morgan fingerprint density at radius 2 is 1.81 bits per heavy atom. The second-order valence-electron chi connectivity index (χ2n) is 4.47. The molecule has 110 valence electrons. The van der Waals surface area contributed by atoms with Crippen LogP contribution in [0.2, 0.25) is 0 Å². The summed E-state index contributed by atoms with van der Waals surface area (Å²) in [6.07, 6.45) is 0.821. The minimum absolute atomic E-state index is 0.0865. The van der Waals surface area contributed by atoms with Crippen molar-refractivity contribution in [3.63, 3.8) is 0 Å². The maximum absolute atomic E-state index is 12.2. The SMILES string of the molecule is CCc1ccc(S(=O)(=O)Nc2cccc(C(=O)[O-])c2)cc1. The van der Waals surface area contributed by atoms with Gasteiger partial charge in [0.1, 0.15) is 0 Å². The number of aromatic carboxylic acids is 1. The van der Waals surface area contributed by atoms with E-state index in [0.29, 0.717) is 0 Å². The summed E-state index contributed by atoms with van der Waals surface area (Å²) in [6.45, 7) is 1.98. The van der Waals surface area contributed by atoms with Gasteiger partial charge in [0.05, 0.1) is 10.9 Å². The van der Waals surface area contributed by atoms with Crippen LogP contribution in [-0.2, 0) is 16.4 Å². The maximum atomic E-state index is 12.2. The van der Waals surface area contributed by atoms with Crippen molar-refractivity contribution >= 4 is 21.7 Å². The van der Waals surface area contributed by atoms with Gasteiger partial charge in [-0.1, -0.05) is 31.2 Å². The molecular weight excluding hydrogens is 290 g/mol. The van der Waals surface area contributed by atoms with Gasteiger partial charge in [0.2, 0.25) is 0 Å². The third-order valence-corrected chi connectivity index (χ3v) is 4.39. The smallest absolute Gasteiger partial charge is 0.261 e. The topological polar surface area (TPSA) is 86.3 Å². The van der Waals surface area contributed by atoms with Crippen LogP contribution in [0, 0.1) is 0 Å². The molecule has 0 spiro atoms. The minimum atomic E-state index is -3.74. The van der Waals surface area contributed by atoms with Gasteiger partial charge in [0, 0.05) is 5.69 Å². The normalized spacial score (nSPS) is 11.1. The predicted octanol–water partition coefficient (Wildman–Crippen LogP) is 1.41. The average molecular weight is 304 g/mol. The average Bonchev–Trinajstić information content (AvgIpc) is 2.47. The molecule has 0 aliphatic rings. The van der Waals surface area contributed by atoms with Gasteiger partial charge in [-0.3, -0.25) is 4.72 Å². The quantitative estimate of drug-likeness (QED) is 0.905. The van der Waals surface area contributed by atoms with Crippen molar-refractivity contribution in [1.29, 1.82) is 0 Å². The lowest BCUT2D eigenvalue weighted by Gasteiger charge is -2.10. The number of sulfonamides is 1. The summed E-state index contributed by atoms with van der Waals surface area (Å²) in [5.74, 6) is -1.36. The summed E-state index contributed by atoms with van der Waals surface area (Å²) in [5, 5.41) is 10.8. The largest absolute Gasteiger partial charge is 0.545 e. The standard InChI is InChI=1S/C15H15NO4S/c1-2-11-6-8-14(9-7-11)21(19,20)16-13-5-3-4-12(10-13)15(17)18/h3-10,16H,2H2,1H3,(H,17,18)/p-1. The molecule has 0 unspecified atom stereocenters. The monoisotopic (exact) mass is 304 g/mol. The highest BCUT2D eigenvalue weighted by atomic mass is 32.2. The molecule has 0 heterocycles. The van der Waals surface area contributed by atoms with Crippen molar-refractivity contribution in [2.24, 2.45) is 0 Å². The molecule has 0 fully saturated rings. The number of carboxylic acids is 1. The number of hydrogen-bond donors (Lipinski definition) is 1. The predicted molar refractivity (Wildman–Crippen MR) is 77.4 cm³/mol. The zero-order chi connectivity index (χ0) is 15.5. The second-order valence-corrected chi connectivity index (χ2v) is 6.15. The Hall–Kier alpha value is -2.34. The maximum Gasteiger partial charge on any atom is 0.261 e. The van der Waals surface area contributed by atoms with E-state index in [1.165, 1.54) is 36.4 Å². The first-order chi connectivity index (χ1) is 9.92. The molecule has 0 radical (unpaired) electrons. The summed E-state index contributed by atoms with van der Waals surface area (Å²) in [4.78, 5) is 10.9. The Labute approximate surface area is 123 Å². The van der Waals surface area contributed by atoms with E-state index in [0.717, 1.165) is 12.0 Å². The van der Waals surface area contributed by atoms with Crippen molar-refractivity contribution in [2.75, 3.05) is 4.72 Å². The van der Waals surface area contributed by atoms with Crippen LogP contribution in [0.3, 0.4) is 0 Å². The van der Waals surface area contributed by atoms with Crippen molar-refractivity contribution < 1.29 is 18.3 Å². The molecule has 2 aromatic carbocycles. The number of nitrogens with one attached hydrogen (secondary N) is 1. The Bertz CT molecular complexity index is 751. The first-order valence-corrected chi connectivity index (χ1v) is 7.84. The molecule has 6 heteroatoms. The van der Waals surface area contributed by atoms with E-state index in [-0.39, 0.29) is 16.1 Å². The zero-order valence-electron chi connectivity index (χ0n) is 11.4. The van der Waals surface area contributed by atoms with E-state index >= 15 is 0 Å². The van der Waals surface area contributed by atoms with E-state index in [1.54, 1.807) is 12.1 Å². The lowest BCUT2D eigenvalue weighted by molar-refractivity contribution is -0.255. The van der Waals surface area contributed by atoms with Crippen LogP contribution < -0.4 is 9.83 Å². The summed E-state index contributed by atoms with van der Waals surface area (Å²) in [7, 11) is -3.74. The Kier molecular flexibility index (Phi) is 4.28. The molecule has 0 atom stereocenters. The lowest BCUT2D eigenvalue weighted by atomic mass is 10.2. The number of hydrogen-bond acceptors (Lipinski definition) is 4. The number of benzene rings is 2. The summed E-state index contributed by atoms with van der Waals surface area (Å²) >= 11 is 0. The molecule has 21 heavy (non-hydrogen) atoms. The first kappa shape index (κ1) is 15.1.